The fourth-order valence-corrected chi connectivity index (χ4v) is 2.24. The van der Waals surface area contributed by atoms with Crippen molar-refractivity contribution < 1.29 is 39.5 Å². The van der Waals surface area contributed by atoms with Crippen LogP contribution in [0.4, 0.5) is 45.2 Å². The Labute approximate surface area is 144 Å². The Kier molecular flexibility index (Phi) is 5.59. The fourth-order valence-electron chi connectivity index (χ4n) is 1.66. The van der Waals surface area contributed by atoms with E-state index >= 15 is 0 Å². The largest absolute Gasteiger partial charge is 0.460 e. The maximum Gasteiger partial charge on any atom is 0.460 e. The number of benzene rings is 1. The Bertz CT molecular complexity index is 629. The second kappa shape index (κ2) is 6.37. The summed E-state index contributed by atoms with van der Waals surface area (Å²) in [6.07, 6.45) is -6.85. The molecular weight excluding hydrogens is 468 g/mol. The van der Waals surface area contributed by atoms with Crippen molar-refractivity contribution in [3.63, 3.8) is 0 Å². The van der Waals surface area contributed by atoms with Gasteiger partial charge in [0.1, 0.15) is 0 Å². The van der Waals surface area contributed by atoms with Gasteiger partial charge >= 0.3 is 23.9 Å². The first kappa shape index (κ1) is 21.0. The average molecular weight is 477 g/mol. The van der Waals surface area contributed by atoms with Crippen LogP contribution in [0.15, 0.2) is 23.2 Å². The second-order valence-corrected chi connectivity index (χ2v) is 5.89. The maximum atomic E-state index is 13.7. The lowest BCUT2D eigenvalue weighted by atomic mass is 10.0. The second-order valence-electron chi connectivity index (χ2n) is 4.86. The minimum atomic E-state index is -6.93. The summed E-state index contributed by atoms with van der Waals surface area (Å²) in [5.41, 5.74) is 0.296. The quantitative estimate of drug-likeness (QED) is 0.277. The number of halogens is 10. The van der Waals surface area contributed by atoms with Crippen LogP contribution in [-0.4, -0.2) is 27.7 Å². The molecule has 0 heterocycles. The third kappa shape index (κ3) is 3.36. The molecule has 24 heavy (non-hydrogen) atoms. The molecule has 1 rings (SSSR count). The van der Waals surface area contributed by atoms with Crippen molar-refractivity contribution >= 4 is 32.0 Å². The third-order valence-corrected chi connectivity index (χ3v) is 3.97. The van der Waals surface area contributed by atoms with Crippen molar-refractivity contribution in [2.45, 2.75) is 37.8 Å². The molecule has 0 bridgehead atoms. The summed E-state index contributed by atoms with van der Waals surface area (Å²) in [6.45, 7) is 2.77. The van der Waals surface area contributed by atoms with Crippen LogP contribution in [0.5, 0.6) is 0 Å². The van der Waals surface area contributed by atoms with Crippen LogP contribution in [0, 0.1) is 13.8 Å². The van der Waals surface area contributed by atoms with Gasteiger partial charge in [-0.15, -0.1) is 0 Å². The highest BCUT2D eigenvalue weighted by molar-refractivity contribution is 14.1. The van der Waals surface area contributed by atoms with E-state index in [2.05, 4.69) is 4.99 Å². The van der Waals surface area contributed by atoms with E-state index in [1.54, 1.807) is 0 Å². The first-order chi connectivity index (χ1) is 10.6. The standard InChI is InChI=1S/C13H9F9IN/c1-6-4-3-5-7(2)8(6)24-9(23)10(14,15)11(16,17)12(18,19)13(20,21)22/h3-5H,1-2H3. The van der Waals surface area contributed by atoms with Gasteiger partial charge in [-0.25, -0.2) is 4.99 Å². The van der Waals surface area contributed by atoms with Crippen LogP contribution in [0.1, 0.15) is 11.1 Å². The molecule has 0 aliphatic carbocycles. The van der Waals surface area contributed by atoms with Crippen LogP contribution in [-0.2, 0) is 0 Å². The summed E-state index contributed by atoms with van der Waals surface area (Å²) in [5, 5.41) is 0. The van der Waals surface area contributed by atoms with Gasteiger partial charge in [0.2, 0.25) is 0 Å². The summed E-state index contributed by atoms with van der Waals surface area (Å²) in [5.74, 6) is -19.5. The summed E-state index contributed by atoms with van der Waals surface area (Å²) < 4.78 is 114. The molecule has 136 valence electrons. The molecule has 11 heteroatoms. The zero-order valence-corrected chi connectivity index (χ0v) is 14.1. The van der Waals surface area contributed by atoms with E-state index in [9.17, 15) is 39.5 Å². The Morgan fingerprint density at radius 1 is 0.833 bits per heavy atom. The molecule has 0 N–H and O–H groups in total. The number of rotatable bonds is 4. The van der Waals surface area contributed by atoms with Gasteiger partial charge in [0.05, 0.1) is 5.69 Å². The summed E-state index contributed by atoms with van der Waals surface area (Å²) in [4.78, 5) is 3.16. The number of nitrogens with zero attached hydrogens (tertiary/aromatic N) is 1. The number of aryl methyl sites for hydroxylation is 2. The number of hydrogen-bond acceptors (Lipinski definition) is 1. The molecule has 0 atom stereocenters. The van der Waals surface area contributed by atoms with E-state index in [1.807, 2.05) is 0 Å². The molecule has 0 spiro atoms. The monoisotopic (exact) mass is 477 g/mol. The Balaban J connectivity index is 3.45. The highest BCUT2D eigenvalue weighted by Gasteiger charge is 2.82. The zero-order valence-electron chi connectivity index (χ0n) is 12.0. The summed E-state index contributed by atoms with van der Waals surface area (Å²) in [7, 11) is 0. The molecule has 1 nitrogen and oxygen atoms in total. The van der Waals surface area contributed by atoms with Crippen molar-refractivity contribution in [3.05, 3.63) is 29.3 Å². The molecular formula is C13H9F9IN. The molecule has 1 aromatic carbocycles. The first-order valence-electron chi connectivity index (χ1n) is 6.08. The minimum absolute atomic E-state index is 0.215. The lowest BCUT2D eigenvalue weighted by Crippen LogP contribution is -2.62. The van der Waals surface area contributed by atoms with Crippen LogP contribution in [0.2, 0.25) is 0 Å². The predicted octanol–water partition coefficient (Wildman–Crippen LogP) is 6.24. The first-order valence-corrected chi connectivity index (χ1v) is 7.16. The average Bonchev–Trinajstić information content (AvgIpc) is 2.41. The van der Waals surface area contributed by atoms with Crippen molar-refractivity contribution in [2.75, 3.05) is 0 Å². The highest BCUT2D eigenvalue weighted by Crippen LogP contribution is 2.54. The third-order valence-electron chi connectivity index (χ3n) is 3.05. The SMILES string of the molecule is Cc1cccc(C)c1N=C(I)C(F)(F)C(F)(F)C(F)(F)C(F)(F)F. The number of para-hydroxylation sites is 1. The van der Waals surface area contributed by atoms with Crippen molar-refractivity contribution in [1.82, 2.24) is 0 Å². The number of alkyl halides is 9. The molecule has 0 radical (unpaired) electrons. The molecule has 0 saturated heterocycles. The van der Waals surface area contributed by atoms with E-state index in [0.29, 0.717) is 22.6 Å². The number of hydrogen-bond donors (Lipinski definition) is 0. The van der Waals surface area contributed by atoms with E-state index in [0.717, 1.165) is 0 Å². The van der Waals surface area contributed by atoms with Crippen LogP contribution in [0.3, 0.4) is 0 Å². The summed E-state index contributed by atoms with van der Waals surface area (Å²) in [6, 6.07) is 4.27. The van der Waals surface area contributed by atoms with Gasteiger partial charge in [0.15, 0.2) is 3.72 Å². The topological polar surface area (TPSA) is 12.4 Å². The smallest absolute Gasteiger partial charge is 0.240 e. The van der Waals surface area contributed by atoms with E-state index in [1.165, 1.54) is 32.0 Å². The van der Waals surface area contributed by atoms with Crippen molar-refractivity contribution in [3.8, 4) is 0 Å². The van der Waals surface area contributed by atoms with Gasteiger partial charge in [0, 0.05) is 0 Å². The molecule has 0 unspecified atom stereocenters. The predicted molar refractivity (Wildman–Crippen MR) is 77.9 cm³/mol. The van der Waals surface area contributed by atoms with E-state index in [4.69, 9.17) is 0 Å². The summed E-state index contributed by atoms with van der Waals surface area (Å²) >= 11 is 0.534. The zero-order chi connectivity index (χ0) is 19.1. The van der Waals surface area contributed by atoms with E-state index in [-0.39, 0.29) is 16.8 Å². The van der Waals surface area contributed by atoms with Gasteiger partial charge in [-0.1, -0.05) is 18.2 Å². The highest BCUT2D eigenvalue weighted by atomic mass is 127. The molecule has 0 amide bonds. The van der Waals surface area contributed by atoms with Gasteiger partial charge in [-0.05, 0) is 47.6 Å². The van der Waals surface area contributed by atoms with Gasteiger partial charge in [-0.3, -0.25) is 0 Å². The maximum absolute atomic E-state index is 13.7. The van der Waals surface area contributed by atoms with E-state index < -0.39 is 27.7 Å². The van der Waals surface area contributed by atoms with Crippen LogP contribution >= 0.6 is 22.6 Å². The van der Waals surface area contributed by atoms with Crippen LogP contribution in [0.25, 0.3) is 0 Å². The lowest BCUT2D eigenvalue weighted by molar-refractivity contribution is -0.384. The lowest BCUT2D eigenvalue weighted by Gasteiger charge is -2.33. The molecule has 0 fully saturated rings. The van der Waals surface area contributed by atoms with Gasteiger partial charge in [-0.2, -0.15) is 39.5 Å². The molecule has 0 saturated carbocycles. The van der Waals surface area contributed by atoms with Crippen LogP contribution < -0.4 is 0 Å². The van der Waals surface area contributed by atoms with Gasteiger partial charge < -0.3 is 0 Å². The fraction of sp³-hybridized carbons (Fsp3) is 0.462. The Morgan fingerprint density at radius 3 is 1.62 bits per heavy atom. The molecule has 0 aliphatic heterocycles. The van der Waals surface area contributed by atoms with Gasteiger partial charge in [0.25, 0.3) is 0 Å². The molecule has 0 aliphatic rings. The Morgan fingerprint density at radius 2 is 1.25 bits per heavy atom. The molecule has 1 aromatic rings. The normalized spacial score (nSPS) is 14.9. The van der Waals surface area contributed by atoms with Crippen molar-refractivity contribution in [2.24, 2.45) is 4.99 Å². The van der Waals surface area contributed by atoms with Crippen molar-refractivity contribution in [1.29, 1.82) is 0 Å². The Hall–Kier alpha value is -1.01. The number of aliphatic imine (C=N–C) groups is 1. The minimum Gasteiger partial charge on any atom is -0.240 e. The molecule has 0 aromatic heterocycles.